The zero-order chi connectivity index (χ0) is 26.1. The summed E-state index contributed by atoms with van der Waals surface area (Å²) in [6, 6.07) is 9.29. The number of carbonyl (C=O) groups is 2. The Hall–Kier alpha value is -1.72. The lowest BCUT2D eigenvalue weighted by Crippen LogP contribution is -2.56. The molecule has 6 atom stereocenters. The quantitative estimate of drug-likeness (QED) is 0.313. The highest BCUT2D eigenvalue weighted by molar-refractivity contribution is 6.74. The number of nitrogens with zero attached hydrogens (tertiary/aromatic N) is 1. The van der Waals surface area contributed by atoms with Crippen molar-refractivity contribution in [2.75, 3.05) is 0 Å². The summed E-state index contributed by atoms with van der Waals surface area (Å²) in [5.41, 5.74) is 1.67. The number of benzene rings is 1. The van der Waals surface area contributed by atoms with Crippen molar-refractivity contribution in [3.05, 3.63) is 47.7 Å². The van der Waals surface area contributed by atoms with E-state index >= 15 is 0 Å². The Kier molecular flexibility index (Phi) is 6.23. The maximum atomic E-state index is 13.5. The van der Waals surface area contributed by atoms with Crippen LogP contribution >= 0.6 is 0 Å². The highest BCUT2D eigenvalue weighted by Gasteiger charge is 2.61. The van der Waals surface area contributed by atoms with Crippen molar-refractivity contribution in [1.29, 1.82) is 0 Å². The molecule has 2 amide bonds. The molecule has 1 aliphatic heterocycles. The second-order valence-corrected chi connectivity index (χ2v) is 18.8. The summed E-state index contributed by atoms with van der Waals surface area (Å²) in [5.74, 6) is 1.56. The SMILES string of the molecule is CC(C)(C)[Si](C)(C)O[C@H]1CC[C@H]2[C@@H]3CC=C4N(C(=O)c5ccccc5)C(=O)CC[C@]4(C)[C@H]3CC[C@]12C. The minimum absolute atomic E-state index is 0.0459. The minimum atomic E-state index is -1.83. The molecule has 3 fully saturated rings. The van der Waals surface area contributed by atoms with E-state index in [2.05, 4.69) is 53.8 Å². The average molecular weight is 508 g/mol. The first-order valence-electron chi connectivity index (χ1n) is 14.1. The van der Waals surface area contributed by atoms with Crippen molar-refractivity contribution >= 4 is 20.1 Å². The van der Waals surface area contributed by atoms with Gasteiger partial charge in [0.25, 0.3) is 5.91 Å². The van der Waals surface area contributed by atoms with E-state index in [1.165, 1.54) is 19.3 Å². The molecular weight excluding hydrogens is 462 g/mol. The monoisotopic (exact) mass is 507 g/mol. The molecule has 5 rings (SSSR count). The van der Waals surface area contributed by atoms with Gasteiger partial charge in [0, 0.05) is 23.1 Å². The summed E-state index contributed by atoms with van der Waals surface area (Å²) < 4.78 is 7.08. The van der Waals surface area contributed by atoms with Gasteiger partial charge >= 0.3 is 0 Å². The summed E-state index contributed by atoms with van der Waals surface area (Å²) in [5, 5.41) is 0.220. The van der Waals surface area contributed by atoms with Gasteiger partial charge in [-0.3, -0.25) is 14.5 Å². The van der Waals surface area contributed by atoms with Gasteiger partial charge in [0.2, 0.25) is 5.91 Å². The van der Waals surface area contributed by atoms with Crippen LogP contribution in [0.5, 0.6) is 0 Å². The molecule has 4 aliphatic rings. The molecule has 0 radical (unpaired) electrons. The van der Waals surface area contributed by atoms with Gasteiger partial charge in [-0.25, -0.2) is 0 Å². The van der Waals surface area contributed by atoms with E-state index in [0.29, 0.717) is 35.8 Å². The molecule has 5 heteroatoms. The van der Waals surface area contributed by atoms with Gasteiger partial charge in [0.15, 0.2) is 8.32 Å². The number of hydrogen-bond acceptors (Lipinski definition) is 3. The second kappa shape index (κ2) is 8.66. The molecule has 1 aromatic carbocycles. The second-order valence-electron chi connectivity index (χ2n) is 14.0. The van der Waals surface area contributed by atoms with E-state index in [-0.39, 0.29) is 27.7 Å². The van der Waals surface area contributed by atoms with Crippen LogP contribution in [0.25, 0.3) is 0 Å². The first kappa shape index (κ1) is 25.9. The standard InChI is InChI=1S/C31H45NO3Si/c1-29(2,3)36(6,7)35-26-16-14-23-22-13-15-25-30(4,24(22)17-19-31(23,26)5)20-18-27(33)32(25)28(34)21-11-9-8-10-12-21/h8-12,15,22-24,26H,13-14,16-20H2,1-7H3/t22-,23-,24-,26-,30+,31-/m0/s1. The Labute approximate surface area is 219 Å². The maximum Gasteiger partial charge on any atom is 0.264 e. The van der Waals surface area contributed by atoms with E-state index < -0.39 is 8.32 Å². The van der Waals surface area contributed by atoms with Crippen LogP contribution in [0.2, 0.25) is 18.1 Å². The molecule has 2 saturated carbocycles. The summed E-state index contributed by atoms with van der Waals surface area (Å²) in [6.07, 6.45) is 9.64. The molecule has 1 heterocycles. The molecule has 1 aromatic rings. The predicted molar refractivity (Wildman–Crippen MR) is 147 cm³/mol. The zero-order valence-electron chi connectivity index (χ0n) is 23.4. The molecule has 0 aromatic heterocycles. The molecule has 0 N–H and O–H groups in total. The van der Waals surface area contributed by atoms with Crippen molar-refractivity contribution < 1.29 is 14.0 Å². The molecule has 196 valence electrons. The van der Waals surface area contributed by atoms with Crippen LogP contribution in [-0.2, 0) is 9.22 Å². The highest BCUT2D eigenvalue weighted by atomic mass is 28.4. The Bertz CT molecular complexity index is 1070. The lowest BCUT2D eigenvalue weighted by atomic mass is 9.49. The van der Waals surface area contributed by atoms with Gasteiger partial charge in [-0.1, -0.05) is 58.9 Å². The molecule has 0 spiro atoms. The van der Waals surface area contributed by atoms with Gasteiger partial charge in [0.05, 0.1) is 6.10 Å². The van der Waals surface area contributed by atoms with Gasteiger partial charge in [-0.05, 0) is 92.0 Å². The van der Waals surface area contributed by atoms with Crippen molar-refractivity contribution in [1.82, 2.24) is 4.90 Å². The smallest absolute Gasteiger partial charge is 0.264 e. The number of carbonyl (C=O) groups excluding carboxylic acids is 2. The average Bonchev–Trinajstić information content (AvgIpc) is 3.14. The third kappa shape index (κ3) is 3.87. The van der Waals surface area contributed by atoms with Crippen LogP contribution in [0.15, 0.2) is 42.1 Å². The molecular formula is C31H45NO3Si. The van der Waals surface area contributed by atoms with Crippen molar-refractivity contribution in [2.24, 2.45) is 28.6 Å². The van der Waals surface area contributed by atoms with E-state index in [9.17, 15) is 9.59 Å². The first-order valence-corrected chi connectivity index (χ1v) is 17.0. The lowest BCUT2D eigenvalue weighted by molar-refractivity contribution is -0.134. The number of imide groups is 1. The van der Waals surface area contributed by atoms with Crippen LogP contribution < -0.4 is 0 Å². The van der Waals surface area contributed by atoms with Gasteiger partial charge in [0.1, 0.15) is 0 Å². The molecule has 0 unspecified atom stereocenters. The summed E-state index contributed by atoms with van der Waals surface area (Å²) in [4.78, 5) is 28.2. The summed E-state index contributed by atoms with van der Waals surface area (Å²) >= 11 is 0. The molecule has 1 saturated heterocycles. The number of piperidine rings is 1. The number of fused-ring (bicyclic) bond motifs is 5. The van der Waals surface area contributed by atoms with Crippen LogP contribution in [0, 0.1) is 28.6 Å². The third-order valence-electron chi connectivity index (χ3n) is 11.2. The van der Waals surface area contributed by atoms with E-state index in [1.54, 1.807) is 4.90 Å². The first-order chi connectivity index (χ1) is 16.8. The van der Waals surface area contributed by atoms with E-state index in [4.69, 9.17) is 4.43 Å². The lowest BCUT2D eigenvalue weighted by Gasteiger charge is -2.58. The van der Waals surface area contributed by atoms with Crippen molar-refractivity contribution in [3.63, 3.8) is 0 Å². The van der Waals surface area contributed by atoms with Crippen molar-refractivity contribution in [2.45, 2.75) is 104 Å². The van der Waals surface area contributed by atoms with Gasteiger partial charge in [-0.15, -0.1) is 0 Å². The highest BCUT2D eigenvalue weighted by Crippen LogP contribution is 2.65. The fraction of sp³-hybridized carbons (Fsp3) is 0.677. The molecule has 4 nitrogen and oxygen atoms in total. The Morgan fingerprint density at radius 2 is 1.72 bits per heavy atom. The van der Waals surface area contributed by atoms with Crippen LogP contribution in [0.1, 0.15) is 89.9 Å². The number of likely N-dealkylation sites (tertiary alicyclic amines) is 1. The topological polar surface area (TPSA) is 46.6 Å². The normalized spacial score (nSPS) is 36.6. The number of allylic oxidation sites excluding steroid dienone is 2. The van der Waals surface area contributed by atoms with E-state index in [0.717, 1.165) is 25.0 Å². The zero-order valence-corrected chi connectivity index (χ0v) is 24.4. The number of rotatable bonds is 3. The Balaban J connectivity index is 1.43. The van der Waals surface area contributed by atoms with Gasteiger partial charge in [-0.2, -0.15) is 0 Å². The number of amides is 2. The van der Waals surface area contributed by atoms with Crippen LogP contribution in [0.4, 0.5) is 0 Å². The summed E-state index contributed by atoms with van der Waals surface area (Å²) in [6.45, 7) is 16.7. The molecule has 36 heavy (non-hydrogen) atoms. The minimum Gasteiger partial charge on any atom is -0.413 e. The number of hydrogen-bond donors (Lipinski definition) is 0. The van der Waals surface area contributed by atoms with Crippen LogP contribution in [-0.4, -0.2) is 31.1 Å². The Morgan fingerprint density at radius 3 is 2.39 bits per heavy atom. The molecule has 0 bridgehead atoms. The predicted octanol–water partition coefficient (Wildman–Crippen LogP) is 7.58. The van der Waals surface area contributed by atoms with Crippen LogP contribution in [0.3, 0.4) is 0 Å². The van der Waals surface area contributed by atoms with Gasteiger partial charge < -0.3 is 4.43 Å². The fourth-order valence-corrected chi connectivity index (χ4v) is 9.41. The van der Waals surface area contributed by atoms with E-state index in [1.807, 2.05) is 30.3 Å². The fourth-order valence-electron chi connectivity index (χ4n) is 7.96. The summed E-state index contributed by atoms with van der Waals surface area (Å²) in [7, 11) is -1.83. The molecule has 3 aliphatic carbocycles. The largest absolute Gasteiger partial charge is 0.413 e. The maximum absolute atomic E-state index is 13.5. The van der Waals surface area contributed by atoms with Crippen molar-refractivity contribution in [3.8, 4) is 0 Å². The Morgan fingerprint density at radius 1 is 1.03 bits per heavy atom. The third-order valence-corrected chi connectivity index (χ3v) is 15.6.